The summed E-state index contributed by atoms with van der Waals surface area (Å²) >= 11 is 1.60. The zero-order chi connectivity index (χ0) is 22.2. The number of carbonyl (C=O) groups excluding carboxylic acids is 1. The zero-order valence-electron chi connectivity index (χ0n) is 17.1. The highest BCUT2D eigenvalue weighted by atomic mass is 32.2. The lowest BCUT2D eigenvalue weighted by molar-refractivity contribution is -0.117. The van der Waals surface area contributed by atoms with E-state index >= 15 is 0 Å². The van der Waals surface area contributed by atoms with Gasteiger partial charge in [0.2, 0.25) is 5.91 Å². The fraction of sp³-hybridized carbons (Fsp3) is 0.136. The summed E-state index contributed by atoms with van der Waals surface area (Å²) in [5.74, 6) is 0.00411. The van der Waals surface area contributed by atoms with Gasteiger partial charge in [0.05, 0.1) is 10.3 Å². The monoisotopic (exact) mass is 452 g/mol. The Balaban J connectivity index is 1.73. The maximum Gasteiger partial charge on any atom is 0.264 e. The van der Waals surface area contributed by atoms with Crippen LogP contribution in [0.4, 0.5) is 11.5 Å². The van der Waals surface area contributed by atoms with Crippen LogP contribution in [0.2, 0.25) is 0 Å². The second-order valence-corrected chi connectivity index (χ2v) is 10.00. The van der Waals surface area contributed by atoms with Crippen LogP contribution < -0.4 is 10.0 Å². The minimum absolute atomic E-state index is 0.00723. The molecule has 0 aliphatic heterocycles. The van der Waals surface area contributed by atoms with Gasteiger partial charge in [0.1, 0.15) is 17.0 Å². The van der Waals surface area contributed by atoms with E-state index in [0.717, 1.165) is 33.1 Å². The Morgan fingerprint density at radius 1 is 0.968 bits per heavy atom. The number of carbonyl (C=O) groups is 1. The number of nitrogens with zero attached hydrogens (tertiary/aromatic N) is 2. The van der Waals surface area contributed by atoms with Gasteiger partial charge >= 0.3 is 0 Å². The van der Waals surface area contributed by atoms with Gasteiger partial charge in [-0.15, -0.1) is 11.3 Å². The predicted molar refractivity (Wildman–Crippen MR) is 123 cm³/mol. The first-order valence-corrected chi connectivity index (χ1v) is 11.8. The Morgan fingerprint density at radius 2 is 1.65 bits per heavy atom. The first kappa shape index (κ1) is 21.0. The summed E-state index contributed by atoms with van der Waals surface area (Å²) in [5, 5.41) is 4.19. The molecule has 0 bridgehead atoms. The molecule has 0 radical (unpaired) electrons. The Labute approximate surface area is 184 Å². The van der Waals surface area contributed by atoms with E-state index in [1.165, 1.54) is 24.0 Å². The van der Waals surface area contributed by atoms with Gasteiger partial charge in [0.25, 0.3) is 10.0 Å². The molecule has 31 heavy (non-hydrogen) atoms. The van der Waals surface area contributed by atoms with Crippen LogP contribution in [0.1, 0.15) is 17.4 Å². The van der Waals surface area contributed by atoms with Gasteiger partial charge in [-0.1, -0.05) is 29.8 Å². The second kappa shape index (κ2) is 8.09. The number of amides is 1. The van der Waals surface area contributed by atoms with Crippen molar-refractivity contribution in [2.75, 3.05) is 5.32 Å². The van der Waals surface area contributed by atoms with Crippen molar-refractivity contribution < 1.29 is 13.2 Å². The standard InChI is InChI=1S/C22H20N4O3S2/c1-13-4-6-16(7-5-13)19-14(2)30-22-20(19)21(23-12-24-22)25-17-8-10-18(11-9-17)31(28,29)26-15(3)27/h4-12H,1-3H3,(H,26,27)(H,23,24,25). The molecule has 2 aromatic heterocycles. The second-order valence-electron chi connectivity index (χ2n) is 7.11. The zero-order valence-corrected chi connectivity index (χ0v) is 18.8. The lowest BCUT2D eigenvalue weighted by Gasteiger charge is -2.10. The molecule has 0 aliphatic rings. The van der Waals surface area contributed by atoms with Crippen LogP contribution in [-0.4, -0.2) is 24.3 Å². The summed E-state index contributed by atoms with van der Waals surface area (Å²) in [5.41, 5.74) is 4.02. The summed E-state index contributed by atoms with van der Waals surface area (Å²) in [7, 11) is -3.88. The molecule has 4 aromatic rings. The smallest absolute Gasteiger partial charge is 0.264 e. The Bertz CT molecular complexity index is 1380. The Morgan fingerprint density at radius 3 is 2.29 bits per heavy atom. The molecular formula is C22H20N4O3S2. The lowest BCUT2D eigenvalue weighted by atomic mass is 10.0. The van der Waals surface area contributed by atoms with Crippen molar-refractivity contribution in [1.82, 2.24) is 14.7 Å². The number of aromatic nitrogens is 2. The highest BCUT2D eigenvalue weighted by Crippen LogP contribution is 2.41. The van der Waals surface area contributed by atoms with E-state index < -0.39 is 15.9 Å². The van der Waals surface area contributed by atoms with Crippen LogP contribution in [0.5, 0.6) is 0 Å². The van der Waals surface area contributed by atoms with Crippen LogP contribution in [0.3, 0.4) is 0 Å². The molecule has 0 spiro atoms. The molecule has 1 amide bonds. The minimum atomic E-state index is -3.88. The Hall–Kier alpha value is -3.30. The maximum absolute atomic E-state index is 12.1. The van der Waals surface area contributed by atoms with E-state index in [9.17, 15) is 13.2 Å². The summed E-state index contributed by atoms with van der Waals surface area (Å²) in [6, 6.07) is 14.5. The largest absolute Gasteiger partial charge is 0.340 e. The third kappa shape index (κ3) is 4.28. The highest BCUT2D eigenvalue weighted by molar-refractivity contribution is 7.90. The van der Waals surface area contributed by atoms with E-state index in [1.807, 2.05) is 11.6 Å². The number of hydrogen-bond acceptors (Lipinski definition) is 7. The van der Waals surface area contributed by atoms with Crippen LogP contribution in [0, 0.1) is 13.8 Å². The molecule has 0 fully saturated rings. The van der Waals surface area contributed by atoms with Crippen LogP contribution in [-0.2, 0) is 14.8 Å². The first-order chi connectivity index (χ1) is 14.7. The summed E-state index contributed by atoms with van der Waals surface area (Å²) in [6.07, 6.45) is 1.51. The van der Waals surface area contributed by atoms with Crippen molar-refractivity contribution in [3.05, 3.63) is 65.3 Å². The molecule has 0 atom stereocenters. The van der Waals surface area contributed by atoms with Gasteiger partial charge in [-0.2, -0.15) is 0 Å². The number of benzene rings is 2. The number of thiophene rings is 1. The molecule has 2 N–H and O–H groups in total. The molecule has 2 aromatic carbocycles. The average molecular weight is 453 g/mol. The van der Waals surface area contributed by atoms with Crippen LogP contribution in [0.25, 0.3) is 21.3 Å². The SMILES string of the molecule is CC(=O)NS(=O)(=O)c1ccc(Nc2ncnc3sc(C)c(-c4ccc(C)cc4)c23)cc1. The van der Waals surface area contributed by atoms with Gasteiger partial charge < -0.3 is 5.32 Å². The number of anilines is 2. The highest BCUT2D eigenvalue weighted by Gasteiger charge is 2.18. The van der Waals surface area contributed by atoms with Gasteiger partial charge in [0.15, 0.2) is 0 Å². The van der Waals surface area contributed by atoms with Gasteiger partial charge in [-0.25, -0.2) is 23.1 Å². The number of sulfonamides is 1. The quantitative estimate of drug-likeness (QED) is 0.461. The number of fused-ring (bicyclic) bond motifs is 1. The molecule has 158 valence electrons. The minimum Gasteiger partial charge on any atom is -0.340 e. The van der Waals surface area contributed by atoms with Crippen LogP contribution in [0.15, 0.2) is 59.8 Å². The fourth-order valence-electron chi connectivity index (χ4n) is 3.31. The number of hydrogen-bond donors (Lipinski definition) is 2. The average Bonchev–Trinajstić information content (AvgIpc) is 3.05. The van der Waals surface area contributed by atoms with Crippen molar-refractivity contribution in [1.29, 1.82) is 0 Å². The molecule has 2 heterocycles. The van der Waals surface area contributed by atoms with Gasteiger partial charge in [0, 0.05) is 23.1 Å². The third-order valence-corrected chi connectivity index (χ3v) is 7.17. The van der Waals surface area contributed by atoms with E-state index in [4.69, 9.17) is 0 Å². The van der Waals surface area contributed by atoms with Crippen molar-refractivity contribution >= 4 is 49.0 Å². The fourth-order valence-corrected chi connectivity index (χ4v) is 5.31. The van der Waals surface area contributed by atoms with Gasteiger partial charge in [-0.3, -0.25) is 4.79 Å². The summed E-state index contributed by atoms with van der Waals surface area (Å²) in [6.45, 7) is 5.27. The third-order valence-electron chi connectivity index (χ3n) is 4.71. The number of aryl methyl sites for hydroxylation is 2. The first-order valence-electron chi connectivity index (χ1n) is 9.46. The number of nitrogens with one attached hydrogen (secondary N) is 2. The molecule has 4 rings (SSSR count). The van der Waals surface area contributed by atoms with E-state index in [2.05, 4.69) is 46.5 Å². The molecule has 0 saturated heterocycles. The van der Waals surface area contributed by atoms with E-state index in [0.29, 0.717) is 11.5 Å². The molecule has 7 nitrogen and oxygen atoms in total. The molecular weight excluding hydrogens is 432 g/mol. The van der Waals surface area contributed by atoms with E-state index in [-0.39, 0.29) is 4.90 Å². The topological polar surface area (TPSA) is 101 Å². The molecule has 0 aliphatic carbocycles. The van der Waals surface area contributed by atoms with Crippen molar-refractivity contribution in [3.8, 4) is 11.1 Å². The summed E-state index contributed by atoms with van der Waals surface area (Å²) < 4.78 is 26.2. The van der Waals surface area contributed by atoms with Crippen molar-refractivity contribution in [3.63, 3.8) is 0 Å². The Kier molecular flexibility index (Phi) is 5.47. The molecule has 0 unspecified atom stereocenters. The maximum atomic E-state index is 12.1. The number of rotatable bonds is 5. The van der Waals surface area contributed by atoms with Gasteiger partial charge in [-0.05, 0) is 43.7 Å². The normalized spacial score (nSPS) is 11.5. The molecule has 0 saturated carbocycles. The predicted octanol–water partition coefficient (Wildman–Crippen LogP) is 4.54. The lowest BCUT2D eigenvalue weighted by Crippen LogP contribution is -2.28. The van der Waals surface area contributed by atoms with Crippen molar-refractivity contribution in [2.45, 2.75) is 25.7 Å². The van der Waals surface area contributed by atoms with Crippen molar-refractivity contribution in [2.24, 2.45) is 0 Å². The summed E-state index contributed by atoms with van der Waals surface area (Å²) in [4.78, 5) is 22.0. The molecule has 9 heteroatoms. The van der Waals surface area contributed by atoms with Crippen LogP contribution >= 0.6 is 11.3 Å². The van der Waals surface area contributed by atoms with E-state index in [1.54, 1.807) is 23.5 Å².